The molecule has 1 N–H and O–H groups in total. The molecule has 84 valence electrons. The molecule has 1 aromatic rings. The van der Waals surface area contributed by atoms with Gasteiger partial charge in [0.15, 0.2) is 0 Å². The fraction of sp³-hybridized carbons (Fsp3) is 0.500. The van der Waals surface area contributed by atoms with E-state index >= 15 is 0 Å². The molecule has 0 amide bonds. The van der Waals surface area contributed by atoms with E-state index in [4.69, 9.17) is 4.99 Å². The molecular weight excluding hydrogens is 196 g/mol. The Balaban J connectivity index is 2.01. The second kappa shape index (κ2) is 3.62. The third-order valence-corrected chi connectivity index (χ3v) is 3.75. The van der Waals surface area contributed by atoms with Crippen molar-refractivity contribution in [3.63, 3.8) is 0 Å². The van der Waals surface area contributed by atoms with Gasteiger partial charge in [-0.1, -0.05) is 24.6 Å². The van der Waals surface area contributed by atoms with Crippen molar-refractivity contribution in [1.82, 2.24) is 0 Å². The van der Waals surface area contributed by atoms with Crippen molar-refractivity contribution < 1.29 is 0 Å². The number of anilines is 1. The van der Waals surface area contributed by atoms with Gasteiger partial charge in [0.2, 0.25) is 0 Å². The van der Waals surface area contributed by atoms with E-state index in [1.807, 2.05) is 0 Å². The maximum absolute atomic E-state index is 4.92. The maximum Gasteiger partial charge on any atom is 0.129 e. The van der Waals surface area contributed by atoms with Crippen LogP contribution in [0.3, 0.4) is 0 Å². The van der Waals surface area contributed by atoms with Crippen LogP contribution in [0.2, 0.25) is 0 Å². The zero-order chi connectivity index (χ0) is 11.0. The number of rotatable bonds is 0. The van der Waals surface area contributed by atoms with Crippen molar-refractivity contribution in [2.45, 2.75) is 44.7 Å². The Morgan fingerprint density at radius 2 is 1.88 bits per heavy atom. The number of nitrogens with one attached hydrogen (secondary N) is 1. The predicted molar refractivity (Wildman–Crippen MR) is 68.1 cm³/mol. The molecular formula is C14H18N2. The summed E-state index contributed by atoms with van der Waals surface area (Å²) in [6.07, 6.45) is 6.31. The van der Waals surface area contributed by atoms with Crippen LogP contribution in [0, 0.1) is 0 Å². The van der Waals surface area contributed by atoms with Crippen LogP contribution in [0.15, 0.2) is 29.3 Å². The van der Waals surface area contributed by atoms with Crippen molar-refractivity contribution in [3.8, 4) is 0 Å². The molecule has 3 rings (SSSR count). The van der Waals surface area contributed by atoms with Crippen molar-refractivity contribution in [2.75, 3.05) is 5.32 Å². The highest BCUT2D eigenvalue weighted by Gasteiger charge is 2.34. The smallest absolute Gasteiger partial charge is 0.129 e. The molecule has 0 aromatic heterocycles. The lowest BCUT2D eigenvalue weighted by Crippen LogP contribution is -2.41. The zero-order valence-corrected chi connectivity index (χ0v) is 9.79. The summed E-state index contributed by atoms with van der Waals surface area (Å²) >= 11 is 0. The summed E-state index contributed by atoms with van der Waals surface area (Å²) in [5.74, 6) is 0. The molecule has 2 nitrogen and oxygen atoms in total. The van der Waals surface area contributed by atoms with E-state index in [0.717, 1.165) is 0 Å². The second-order valence-corrected chi connectivity index (χ2v) is 4.96. The van der Waals surface area contributed by atoms with Gasteiger partial charge in [0, 0.05) is 17.0 Å². The third kappa shape index (κ3) is 1.53. The van der Waals surface area contributed by atoms with Gasteiger partial charge in [0.25, 0.3) is 0 Å². The van der Waals surface area contributed by atoms with Crippen molar-refractivity contribution in [2.24, 2.45) is 4.99 Å². The standard InChI is InChI=1S/C14H18N2/c1-11-12-7-3-4-8-13(12)16-14(15-11)9-5-2-6-10-14/h3-4,7-8,16H,2,5-6,9-10H2,1H3. The molecule has 16 heavy (non-hydrogen) atoms. The van der Waals surface area contributed by atoms with E-state index in [-0.39, 0.29) is 5.66 Å². The lowest BCUT2D eigenvalue weighted by Gasteiger charge is -2.39. The Morgan fingerprint density at radius 1 is 1.12 bits per heavy atom. The monoisotopic (exact) mass is 214 g/mol. The number of hydrogen-bond donors (Lipinski definition) is 1. The van der Waals surface area contributed by atoms with E-state index in [0.29, 0.717) is 0 Å². The molecule has 0 atom stereocenters. The molecule has 1 fully saturated rings. The van der Waals surface area contributed by atoms with E-state index in [1.54, 1.807) is 0 Å². The fourth-order valence-electron chi connectivity index (χ4n) is 2.94. The summed E-state index contributed by atoms with van der Waals surface area (Å²) < 4.78 is 0. The first-order valence-electron chi connectivity index (χ1n) is 6.23. The Hall–Kier alpha value is -1.31. The molecule has 1 aromatic carbocycles. The predicted octanol–water partition coefficient (Wildman–Crippen LogP) is 3.58. The van der Waals surface area contributed by atoms with Gasteiger partial charge >= 0.3 is 0 Å². The number of benzene rings is 1. The highest BCUT2D eigenvalue weighted by Crippen LogP contribution is 2.37. The molecule has 1 aliphatic heterocycles. The molecule has 0 bridgehead atoms. The summed E-state index contributed by atoms with van der Waals surface area (Å²) in [7, 11) is 0. The number of fused-ring (bicyclic) bond motifs is 1. The Bertz CT molecular complexity index is 428. The van der Waals surface area contributed by atoms with Crippen LogP contribution < -0.4 is 5.32 Å². The molecule has 0 radical (unpaired) electrons. The average molecular weight is 214 g/mol. The van der Waals surface area contributed by atoms with Gasteiger partial charge in [-0.15, -0.1) is 0 Å². The molecule has 2 aliphatic rings. The van der Waals surface area contributed by atoms with E-state index < -0.39 is 0 Å². The Kier molecular flexibility index (Phi) is 2.23. The summed E-state index contributed by atoms with van der Waals surface area (Å²) in [6.45, 7) is 2.13. The Morgan fingerprint density at radius 3 is 2.69 bits per heavy atom. The molecule has 0 unspecified atom stereocenters. The largest absolute Gasteiger partial charge is 0.361 e. The zero-order valence-electron chi connectivity index (χ0n) is 9.79. The van der Waals surface area contributed by atoms with Gasteiger partial charge in [0.1, 0.15) is 5.66 Å². The van der Waals surface area contributed by atoms with E-state index in [1.165, 1.54) is 49.1 Å². The minimum absolute atomic E-state index is 0.0106. The SMILES string of the molecule is CC1=NC2(CCCCC2)Nc2ccccc21. The highest BCUT2D eigenvalue weighted by molar-refractivity contribution is 6.05. The van der Waals surface area contributed by atoms with Crippen LogP contribution in [-0.2, 0) is 0 Å². The first-order valence-corrected chi connectivity index (χ1v) is 6.23. The summed E-state index contributed by atoms with van der Waals surface area (Å²) in [6, 6.07) is 8.50. The van der Waals surface area contributed by atoms with E-state index in [9.17, 15) is 0 Å². The fourth-order valence-corrected chi connectivity index (χ4v) is 2.94. The first kappa shape index (κ1) is 9.88. The normalized spacial score (nSPS) is 22.2. The maximum atomic E-state index is 4.92. The van der Waals surface area contributed by atoms with Crippen LogP contribution >= 0.6 is 0 Å². The molecule has 0 saturated heterocycles. The summed E-state index contributed by atoms with van der Waals surface area (Å²) in [5, 5.41) is 3.66. The van der Waals surface area contributed by atoms with Crippen molar-refractivity contribution in [1.29, 1.82) is 0 Å². The minimum Gasteiger partial charge on any atom is -0.361 e. The van der Waals surface area contributed by atoms with Crippen molar-refractivity contribution in [3.05, 3.63) is 29.8 Å². The van der Waals surface area contributed by atoms with Crippen molar-refractivity contribution >= 4 is 11.4 Å². The lowest BCUT2D eigenvalue weighted by molar-refractivity contribution is 0.334. The number of aliphatic imine (C=N–C) groups is 1. The van der Waals surface area contributed by atoms with Gasteiger partial charge in [-0.05, 0) is 38.7 Å². The minimum atomic E-state index is 0.0106. The van der Waals surface area contributed by atoms with E-state index in [2.05, 4.69) is 36.5 Å². The molecule has 1 aliphatic carbocycles. The van der Waals surface area contributed by atoms with Gasteiger partial charge < -0.3 is 5.32 Å². The van der Waals surface area contributed by atoms with Crippen LogP contribution in [-0.4, -0.2) is 11.4 Å². The molecule has 1 heterocycles. The molecule has 1 spiro atoms. The van der Waals surface area contributed by atoms with Gasteiger partial charge in [-0.25, -0.2) is 0 Å². The quantitative estimate of drug-likeness (QED) is 0.701. The summed E-state index contributed by atoms with van der Waals surface area (Å²) in [4.78, 5) is 4.92. The van der Waals surface area contributed by atoms with Crippen LogP contribution in [0.25, 0.3) is 0 Å². The third-order valence-electron chi connectivity index (χ3n) is 3.75. The van der Waals surface area contributed by atoms with Crippen LogP contribution in [0.5, 0.6) is 0 Å². The Labute approximate surface area is 96.8 Å². The average Bonchev–Trinajstić information content (AvgIpc) is 2.30. The molecule has 2 heteroatoms. The summed E-state index contributed by atoms with van der Waals surface area (Å²) in [5.41, 5.74) is 3.73. The molecule has 1 saturated carbocycles. The van der Waals surface area contributed by atoms with Gasteiger partial charge in [-0.3, -0.25) is 4.99 Å². The lowest BCUT2D eigenvalue weighted by atomic mass is 9.87. The second-order valence-electron chi connectivity index (χ2n) is 4.96. The van der Waals surface area contributed by atoms with Gasteiger partial charge in [0.05, 0.1) is 0 Å². The first-order chi connectivity index (χ1) is 7.79. The number of para-hydroxylation sites is 1. The van der Waals surface area contributed by atoms with Crippen LogP contribution in [0.4, 0.5) is 5.69 Å². The highest BCUT2D eigenvalue weighted by atomic mass is 15.2. The number of nitrogens with zero attached hydrogens (tertiary/aromatic N) is 1. The van der Waals surface area contributed by atoms with Gasteiger partial charge in [-0.2, -0.15) is 0 Å². The number of hydrogen-bond acceptors (Lipinski definition) is 2. The van der Waals surface area contributed by atoms with Crippen LogP contribution in [0.1, 0.15) is 44.6 Å². The topological polar surface area (TPSA) is 24.4 Å².